The van der Waals surface area contributed by atoms with Gasteiger partial charge < -0.3 is 10.1 Å². The molecule has 180 valence electrons. The summed E-state index contributed by atoms with van der Waals surface area (Å²) in [5.41, 5.74) is 4.76. The molecule has 2 N–H and O–H groups in total. The van der Waals surface area contributed by atoms with Gasteiger partial charge in [0.1, 0.15) is 5.75 Å². The Labute approximate surface area is 207 Å². The van der Waals surface area contributed by atoms with Crippen molar-refractivity contribution >= 4 is 70.3 Å². The molecule has 4 rings (SSSR count). The molecule has 32 heavy (non-hydrogen) atoms. The number of halogens is 4. The Hall–Kier alpha value is -0.742. The number of H-pyrrole nitrogens is 1. The fraction of sp³-hybridized carbons (Fsp3) is 0.348. The fourth-order valence-corrected chi connectivity index (χ4v) is 4.22. The number of fused-ring (bicyclic) bond motifs is 4. The van der Waals surface area contributed by atoms with E-state index >= 15 is 0 Å². The third-order valence-electron chi connectivity index (χ3n) is 5.93. The van der Waals surface area contributed by atoms with Crippen LogP contribution in [-0.2, 0) is 18.4 Å². The van der Waals surface area contributed by atoms with Gasteiger partial charge in [0.25, 0.3) is 0 Å². The molecule has 0 aliphatic rings. The number of phenolic OH excluding ortho intramolecular Hbond substituents is 1. The van der Waals surface area contributed by atoms with Gasteiger partial charge in [-0.2, -0.15) is 0 Å². The Morgan fingerprint density at radius 3 is 2.25 bits per heavy atom. The van der Waals surface area contributed by atoms with Crippen LogP contribution in [0.4, 0.5) is 0 Å². The second-order valence-electron chi connectivity index (χ2n) is 7.66. The minimum atomic E-state index is -3.06. The van der Waals surface area contributed by atoms with Crippen molar-refractivity contribution in [2.45, 2.75) is 34.2 Å². The number of aromatic hydroxyl groups is 1. The molecular weight excluding hydrogens is 671 g/mol. The molecular formula is C23H28Cl4N3OPt-. The van der Waals surface area contributed by atoms with E-state index < -0.39 is 11.9 Å². The summed E-state index contributed by atoms with van der Waals surface area (Å²) < 4.78 is 2.30. The molecule has 0 radical (unpaired) electrons. The van der Waals surface area contributed by atoms with Crippen molar-refractivity contribution in [1.29, 1.82) is 0 Å². The summed E-state index contributed by atoms with van der Waals surface area (Å²) in [5, 5.41) is 14.8. The minimum absolute atomic E-state index is 0.308. The molecule has 2 aromatic heterocycles. The summed E-state index contributed by atoms with van der Waals surface area (Å²) in [4.78, 5) is 6.00. The third kappa shape index (κ3) is 6.03. The molecule has 0 spiro atoms. The van der Waals surface area contributed by atoms with E-state index in [9.17, 15) is 5.11 Å². The van der Waals surface area contributed by atoms with Gasteiger partial charge in [-0.25, -0.2) is 4.57 Å². The number of hydrogen-bond donors (Lipinski definition) is 2. The summed E-state index contributed by atoms with van der Waals surface area (Å²) in [5.74, 6) is 0.308. The van der Waals surface area contributed by atoms with Gasteiger partial charge in [0.2, 0.25) is 0 Å². The normalized spacial score (nSPS) is 12.5. The maximum atomic E-state index is 9.97. The van der Waals surface area contributed by atoms with Gasteiger partial charge in [-0.3, -0.25) is 4.90 Å². The van der Waals surface area contributed by atoms with Crippen LogP contribution in [-0.4, -0.2) is 34.6 Å². The molecule has 0 atom stereocenters. The van der Waals surface area contributed by atoms with Crippen LogP contribution in [0.5, 0.6) is 5.75 Å². The van der Waals surface area contributed by atoms with E-state index in [1.54, 1.807) is 6.07 Å². The third-order valence-corrected chi connectivity index (χ3v) is 5.93. The number of aryl methyl sites for hydroxylation is 2. The number of nitrogens with one attached hydrogen (secondary N) is 1. The molecule has 0 unspecified atom stereocenters. The van der Waals surface area contributed by atoms with Gasteiger partial charge in [-0.15, -0.1) is 0 Å². The molecule has 0 amide bonds. The zero-order valence-electron chi connectivity index (χ0n) is 18.5. The number of benzene rings is 2. The van der Waals surface area contributed by atoms with Crippen LogP contribution in [0.1, 0.15) is 25.0 Å². The summed E-state index contributed by atoms with van der Waals surface area (Å²) in [6, 6.07) is 7.80. The summed E-state index contributed by atoms with van der Waals surface area (Å²) in [6.45, 7) is 13.0. The van der Waals surface area contributed by atoms with Crippen molar-refractivity contribution in [3.8, 4) is 5.75 Å². The van der Waals surface area contributed by atoms with Gasteiger partial charge in [-0.1, -0.05) is 13.8 Å². The topological polar surface area (TPSA) is 43.1 Å². The number of likely N-dealkylation sites (N-methyl/N-ethyl adjacent to an activating group) is 1. The predicted molar refractivity (Wildman–Crippen MR) is 136 cm³/mol. The van der Waals surface area contributed by atoms with Crippen molar-refractivity contribution in [1.82, 2.24) is 9.88 Å². The zero-order chi connectivity index (χ0) is 23.6. The van der Waals surface area contributed by atoms with Gasteiger partial charge >= 0.3 is 49.6 Å². The number of phenols is 1. The van der Waals surface area contributed by atoms with Gasteiger partial charge in [0, 0.05) is 27.7 Å². The molecule has 0 aliphatic carbocycles. The molecule has 4 nitrogen and oxygen atoms in total. The molecule has 0 saturated carbocycles. The molecule has 0 bridgehead atoms. The monoisotopic (exact) mass is 697 g/mol. The second kappa shape index (κ2) is 10.7. The SMILES string of the molecule is CCN(CC)CC[n+]1ccc2c(C)c3[nH]c4ccc(O)cc4c3c(C)c2c1.[Cl][Pt-2]([Cl])([Cl])[Cl]. The predicted octanol–water partition coefficient (Wildman–Crippen LogP) is 7.18. The molecule has 0 fully saturated rings. The van der Waals surface area contributed by atoms with Crippen LogP contribution in [0.15, 0.2) is 36.7 Å². The quantitative estimate of drug-likeness (QED) is 0.217. The van der Waals surface area contributed by atoms with E-state index in [1.165, 1.54) is 32.8 Å². The van der Waals surface area contributed by atoms with E-state index in [0.29, 0.717) is 5.75 Å². The average Bonchev–Trinajstić information content (AvgIpc) is 3.10. The van der Waals surface area contributed by atoms with Crippen molar-refractivity contribution in [3.63, 3.8) is 0 Å². The first-order valence-corrected chi connectivity index (χ1v) is 21.6. The van der Waals surface area contributed by atoms with Gasteiger partial charge in [-0.05, 0) is 61.6 Å². The van der Waals surface area contributed by atoms with Crippen LogP contribution in [0.2, 0.25) is 0 Å². The molecule has 2 aromatic carbocycles. The van der Waals surface area contributed by atoms with Crippen molar-refractivity contribution < 1.29 is 21.6 Å². The number of aromatic amines is 1. The number of nitrogens with zero attached hydrogens (tertiary/aromatic N) is 2. The number of rotatable bonds is 5. The average molecular weight is 699 g/mol. The summed E-state index contributed by atoms with van der Waals surface area (Å²) in [6.07, 6.45) is 4.47. The molecule has 9 heteroatoms. The van der Waals surface area contributed by atoms with Crippen LogP contribution in [0, 0.1) is 13.8 Å². The maximum absolute atomic E-state index is 9.97. The van der Waals surface area contributed by atoms with Crippen molar-refractivity contribution in [2.24, 2.45) is 0 Å². The van der Waals surface area contributed by atoms with Crippen molar-refractivity contribution in [2.75, 3.05) is 19.6 Å². The first kappa shape index (κ1) is 25.9. The molecule has 2 heterocycles. The van der Waals surface area contributed by atoms with Gasteiger partial charge in [0.05, 0.1) is 12.1 Å². The standard InChI is InChI=1S/C23H27N3O.4ClH.Pt/c1-5-25(6-2)11-12-26-10-9-18-16(4)23-22(15(3)20(18)14-26)19-13-17(27)7-8-21(19)24-23;;;;;/h7-10,13-14,27H,5-6,11-12H2,1-4H3;4*1H;/q;;;;;+2/p-3. The van der Waals surface area contributed by atoms with Crippen molar-refractivity contribution in [3.05, 3.63) is 47.8 Å². The van der Waals surface area contributed by atoms with E-state index in [4.69, 9.17) is 37.7 Å². The Morgan fingerprint density at radius 1 is 0.969 bits per heavy atom. The number of pyridine rings is 1. The zero-order valence-corrected chi connectivity index (χ0v) is 23.8. The Kier molecular flexibility index (Phi) is 8.63. The Bertz CT molecular complexity index is 1240. The van der Waals surface area contributed by atoms with E-state index in [1.807, 2.05) is 12.1 Å². The van der Waals surface area contributed by atoms with Crippen LogP contribution < -0.4 is 4.57 Å². The second-order valence-corrected chi connectivity index (χ2v) is 27.4. The number of hydrogen-bond acceptors (Lipinski definition) is 2. The summed E-state index contributed by atoms with van der Waals surface area (Å²) >= 11 is -3.06. The van der Waals surface area contributed by atoms with Gasteiger partial charge in [0.15, 0.2) is 18.9 Å². The van der Waals surface area contributed by atoms with Crippen LogP contribution in [0.3, 0.4) is 0 Å². The fourth-order valence-electron chi connectivity index (χ4n) is 4.22. The first-order valence-electron chi connectivity index (χ1n) is 10.3. The van der Waals surface area contributed by atoms with E-state index in [0.717, 1.165) is 37.1 Å². The molecule has 0 saturated heterocycles. The summed E-state index contributed by atoms with van der Waals surface area (Å²) in [7, 11) is 20.0. The van der Waals surface area contributed by atoms with E-state index in [-0.39, 0.29) is 0 Å². The molecule has 0 aliphatic heterocycles. The van der Waals surface area contributed by atoms with Crippen LogP contribution in [0.25, 0.3) is 32.6 Å². The first-order chi connectivity index (χ1) is 15.0. The number of aromatic nitrogens is 2. The Balaban J connectivity index is 0.000000523. The van der Waals surface area contributed by atoms with Crippen LogP contribution >= 0.6 is 37.7 Å². The Morgan fingerprint density at radius 2 is 1.62 bits per heavy atom. The molecule has 4 aromatic rings. The van der Waals surface area contributed by atoms with E-state index in [2.05, 4.69) is 60.6 Å².